The molecule has 1 amide bonds. The molecule has 186 valence electrons. The molecule has 0 radical (unpaired) electrons. The molecule has 5 heterocycles. The van der Waals surface area contributed by atoms with Crippen LogP contribution in [0.25, 0.3) is 28.2 Å². The van der Waals surface area contributed by atoms with E-state index in [4.69, 9.17) is 19.1 Å². The van der Waals surface area contributed by atoms with Crippen LogP contribution in [0.3, 0.4) is 0 Å². The van der Waals surface area contributed by atoms with Gasteiger partial charge in [-0.1, -0.05) is 30.3 Å². The fraction of sp³-hybridized carbons (Fsp3) is 0.385. The minimum atomic E-state index is -0.228. The van der Waals surface area contributed by atoms with Crippen molar-refractivity contribution in [3.63, 3.8) is 0 Å². The summed E-state index contributed by atoms with van der Waals surface area (Å²) in [4.78, 5) is 27.0. The number of furan rings is 1. The van der Waals surface area contributed by atoms with Crippen LogP contribution in [0.5, 0.6) is 0 Å². The summed E-state index contributed by atoms with van der Waals surface area (Å²) in [5, 5.41) is 7.64. The molecule has 2 saturated heterocycles. The number of rotatable bonds is 5. The number of hydrogen-bond acceptors (Lipinski definition) is 8. The standard InChI is InChI=1S/C26H29N7O3/c1-31-9-5-8-20(17-31)28-25(34)22-14-21-23(36-22)24(32-10-12-35-13-11-32)30-26(29-21)33-16-19(15-27-33)18-6-3-2-4-7-18/h2-4,6-7,14-16,20H,5,8-13,17H2,1H3,(H,28,34). The lowest BCUT2D eigenvalue weighted by atomic mass is 10.1. The third kappa shape index (κ3) is 4.57. The van der Waals surface area contributed by atoms with Crippen LogP contribution in [-0.4, -0.2) is 83.0 Å². The Hall–Kier alpha value is -3.76. The van der Waals surface area contributed by atoms with Gasteiger partial charge >= 0.3 is 0 Å². The molecule has 0 bridgehead atoms. The molecule has 2 aliphatic rings. The number of carbonyl (C=O) groups excluding carboxylic acids is 1. The second kappa shape index (κ2) is 9.71. The lowest BCUT2D eigenvalue weighted by Gasteiger charge is -2.29. The van der Waals surface area contributed by atoms with Gasteiger partial charge in [-0.3, -0.25) is 4.79 Å². The summed E-state index contributed by atoms with van der Waals surface area (Å²) in [5.74, 6) is 1.08. The van der Waals surface area contributed by atoms with Crippen LogP contribution in [0, 0.1) is 0 Å². The van der Waals surface area contributed by atoms with Gasteiger partial charge in [0.2, 0.25) is 0 Å². The first kappa shape index (κ1) is 22.7. The zero-order chi connectivity index (χ0) is 24.5. The second-order valence-electron chi connectivity index (χ2n) is 9.39. The summed E-state index contributed by atoms with van der Waals surface area (Å²) in [6.07, 6.45) is 5.73. The molecule has 1 unspecified atom stereocenters. The number of fused-ring (bicyclic) bond motifs is 1. The Kier molecular flexibility index (Phi) is 6.12. The molecule has 1 aromatic carbocycles. The zero-order valence-electron chi connectivity index (χ0n) is 20.3. The highest BCUT2D eigenvalue weighted by molar-refractivity contribution is 5.97. The van der Waals surface area contributed by atoms with Gasteiger partial charge in [-0.2, -0.15) is 10.1 Å². The van der Waals surface area contributed by atoms with E-state index in [1.807, 2.05) is 36.5 Å². The van der Waals surface area contributed by atoms with Gasteiger partial charge in [0, 0.05) is 43.5 Å². The van der Waals surface area contributed by atoms with E-state index in [1.165, 1.54) is 0 Å². The van der Waals surface area contributed by atoms with Gasteiger partial charge in [-0.15, -0.1) is 0 Å². The fourth-order valence-corrected chi connectivity index (χ4v) is 4.86. The van der Waals surface area contributed by atoms with Crippen LogP contribution in [0.2, 0.25) is 0 Å². The Balaban J connectivity index is 1.35. The number of nitrogens with zero attached hydrogens (tertiary/aromatic N) is 6. The van der Waals surface area contributed by atoms with E-state index in [2.05, 4.69) is 27.3 Å². The quantitative estimate of drug-likeness (QED) is 0.459. The summed E-state index contributed by atoms with van der Waals surface area (Å²) < 4.78 is 13.3. The van der Waals surface area contributed by atoms with Crippen LogP contribution < -0.4 is 10.2 Å². The molecular weight excluding hydrogens is 458 g/mol. The number of anilines is 1. The lowest BCUT2D eigenvalue weighted by molar-refractivity contribution is 0.0886. The number of likely N-dealkylation sites (N-methyl/N-ethyl adjacent to an activating group) is 1. The van der Waals surface area contributed by atoms with Gasteiger partial charge in [0.1, 0.15) is 5.52 Å². The summed E-state index contributed by atoms with van der Waals surface area (Å²) >= 11 is 0. The number of amides is 1. The molecule has 3 aromatic heterocycles. The topological polar surface area (TPSA) is 102 Å². The van der Waals surface area contributed by atoms with Gasteiger partial charge in [0.05, 0.1) is 19.4 Å². The largest absolute Gasteiger partial charge is 0.445 e. The van der Waals surface area contributed by atoms with Gasteiger partial charge in [-0.25, -0.2) is 9.67 Å². The van der Waals surface area contributed by atoms with Crippen LogP contribution >= 0.6 is 0 Å². The van der Waals surface area contributed by atoms with Gasteiger partial charge in [0.25, 0.3) is 11.9 Å². The van der Waals surface area contributed by atoms with Gasteiger partial charge in [-0.05, 0) is 32.0 Å². The molecular formula is C26H29N7O3. The third-order valence-electron chi connectivity index (χ3n) is 6.73. The SMILES string of the molecule is CN1CCCC(NC(=O)c2cc3nc(-n4cc(-c5ccccc5)cn4)nc(N4CCOCC4)c3o2)C1. The van der Waals surface area contributed by atoms with Crippen LogP contribution in [0.4, 0.5) is 5.82 Å². The summed E-state index contributed by atoms with van der Waals surface area (Å²) in [6.45, 7) is 4.44. The molecule has 0 aliphatic carbocycles. The maximum atomic E-state index is 13.1. The van der Waals surface area contributed by atoms with Crippen LogP contribution in [-0.2, 0) is 4.74 Å². The molecule has 1 atom stereocenters. The normalized spacial score (nSPS) is 19.0. The highest BCUT2D eigenvalue weighted by Crippen LogP contribution is 2.29. The molecule has 10 nitrogen and oxygen atoms in total. The molecule has 1 N–H and O–H groups in total. The van der Waals surface area contributed by atoms with Gasteiger partial charge in [0.15, 0.2) is 17.2 Å². The van der Waals surface area contributed by atoms with Crippen molar-refractivity contribution in [3.8, 4) is 17.1 Å². The van der Waals surface area contributed by atoms with Crippen molar-refractivity contribution < 1.29 is 13.9 Å². The van der Waals surface area contributed by atoms with Crippen LogP contribution in [0.15, 0.2) is 53.2 Å². The number of piperidine rings is 1. The predicted octanol–water partition coefficient (Wildman–Crippen LogP) is 2.74. The first-order chi connectivity index (χ1) is 17.6. The number of carbonyl (C=O) groups is 1. The van der Waals surface area contributed by atoms with E-state index in [0.29, 0.717) is 49.2 Å². The number of likely N-dealkylation sites (tertiary alicyclic amines) is 1. The van der Waals surface area contributed by atoms with E-state index < -0.39 is 0 Å². The van der Waals surface area contributed by atoms with E-state index in [1.54, 1.807) is 16.9 Å². The Labute approximate surface area is 208 Å². The molecule has 6 rings (SSSR count). The number of hydrogen-bond donors (Lipinski definition) is 1. The molecule has 0 spiro atoms. The van der Waals surface area contributed by atoms with Crippen molar-refractivity contribution in [2.45, 2.75) is 18.9 Å². The number of ether oxygens (including phenoxy) is 1. The average Bonchev–Trinajstić information content (AvgIpc) is 3.57. The number of aromatic nitrogens is 4. The Morgan fingerprint density at radius 3 is 2.72 bits per heavy atom. The van der Waals surface area contributed by atoms with E-state index in [9.17, 15) is 4.79 Å². The molecule has 4 aromatic rings. The Morgan fingerprint density at radius 1 is 1.08 bits per heavy atom. The van der Waals surface area contributed by atoms with Crippen molar-refractivity contribution in [1.29, 1.82) is 0 Å². The van der Waals surface area contributed by atoms with E-state index in [-0.39, 0.29) is 17.7 Å². The minimum absolute atomic E-state index is 0.102. The smallest absolute Gasteiger partial charge is 0.287 e. The summed E-state index contributed by atoms with van der Waals surface area (Å²) in [5.41, 5.74) is 3.11. The maximum Gasteiger partial charge on any atom is 0.287 e. The molecule has 2 fully saturated rings. The van der Waals surface area contributed by atoms with Crippen molar-refractivity contribution >= 4 is 22.8 Å². The van der Waals surface area contributed by atoms with E-state index in [0.717, 1.165) is 37.1 Å². The van der Waals surface area contributed by atoms with Crippen LogP contribution in [0.1, 0.15) is 23.4 Å². The lowest BCUT2D eigenvalue weighted by Crippen LogP contribution is -2.46. The van der Waals surface area contributed by atoms with Crippen molar-refractivity contribution in [3.05, 3.63) is 54.6 Å². The second-order valence-corrected chi connectivity index (χ2v) is 9.39. The monoisotopic (exact) mass is 487 g/mol. The summed E-state index contributed by atoms with van der Waals surface area (Å²) in [6, 6.07) is 11.9. The predicted molar refractivity (Wildman–Crippen MR) is 135 cm³/mol. The Bertz CT molecular complexity index is 1360. The molecule has 10 heteroatoms. The van der Waals surface area contributed by atoms with Crippen molar-refractivity contribution in [2.24, 2.45) is 0 Å². The van der Waals surface area contributed by atoms with Crippen molar-refractivity contribution in [2.75, 3.05) is 51.3 Å². The fourth-order valence-electron chi connectivity index (χ4n) is 4.86. The first-order valence-electron chi connectivity index (χ1n) is 12.4. The Morgan fingerprint density at radius 2 is 1.92 bits per heavy atom. The number of morpholine rings is 1. The third-order valence-corrected chi connectivity index (χ3v) is 6.73. The molecule has 0 saturated carbocycles. The first-order valence-corrected chi connectivity index (χ1v) is 12.4. The van der Waals surface area contributed by atoms with Crippen molar-refractivity contribution in [1.82, 2.24) is 30.0 Å². The maximum absolute atomic E-state index is 13.1. The zero-order valence-corrected chi connectivity index (χ0v) is 20.3. The minimum Gasteiger partial charge on any atom is -0.445 e. The number of benzene rings is 1. The highest BCUT2D eigenvalue weighted by Gasteiger charge is 2.25. The summed E-state index contributed by atoms with van der Waals surface area (Å²) in [7, 11) is 2.07. The highest BCUT2D eigenvalue weighted by atomic mass is 16.5. The number of nitrogens with one attached hydrogen (secondary N) is 1. The average molecular weight is 488 g/mol. The van der Waals surface area contributed by atoms with E-state index >= 15 is 0 Å². The molecule has 36 heavy (non-hydrogen) atoms. The van der Waals surface area contributed by atoms with Gasteiger partial charge < -0.3 is 24.3 Å². The molecule has 2 aliphatic heterocycles.